The maximum atomic E-state index is 12.6. The van der Waals surface area contributed by atoms with Crippen LogP contribution in [0.4, 0.5) is 0 Å². The van der Waals surface area contributed by atoms with Gasteiger partial charge in [-0.3, -0.25) is 9.78 Å². The highest BCUT2D eigenvalue weighted by Gasteiger charge is 2.17. The van der Waals surface area contributed by atoms with Crippen molar-refractivity contribution in [2.75, 3.05) is 0 Å². The first-order chi connectivity index (χ1) is 9.59. The summed E-state index contributed by atoms with van der Waals surface area (Å²) in [6.45, 7) is 3.99. The Morgan fingerprint density at radius 1 is 1.20 bits per heavy atom. The first-order valence-electron chi connectivity index (χ1n) is 7.23. The summed E-state index contributed by atoms with van der Waals surface area (Å²) in [5.41, 5.74) is 7.28. The van der Waals surface area contributed by atoms with Crippen molar-refractivity contribution in [3.05, 3.63) is 42.1 Å². The molecule has 0 saturated heterocycles. The number of pyridine rings is 1. The number of benzene rings is 1. The Hall–Kier alpha value is -1.74. The van der Waals surface area contributed by atoms with E-state index >= 15 is 0 Å². The lowest BCUT2D eigenvalue weighted by Crippen LogP contribution is -2.16. The summed E-state index contributed by atoms with van der Waals surface area (Å²) in [6.07, 6.45) is 4.57. The van der Waals surface area contributed by atoms with Crippen LogP contribution in [-0.4, -0.2) is 16.8 Å². The Labute approximate surface area is 120 Å². The van der Waals surface area contributed by atoms with Crippen LogP contribution in [0, 0.1) is 5.92 Å². The third-order valence-corrected chi connectivity index (χ3v) is 3.64. The largest absolute Gasteiger partial charge is 0.328 e. The number of nitrogens with zero attached hydrogens (tertiary/aromatic N) is 1. The highest BCUT2D eigenvalue weighted by molar-refractivity contribution is 6.07. The van der Waals surface area contributed by atoms with Gasteiger partial charge in [0, 0.05) is 29.1 Å². The third-order valence-electron chi connectivity index (χ3n) is 3.64. The van der Waals surface area contributed by atoms with E-state index in [0.29, 0.717) is 0 Å². The molecule has 3 heteroatoms. The summed E-state index contributed by atoms with van der Waals surface area (Å²) >= 11 is 0. The summed E-state index contributed by atoms with van der Waals surface area (Å²) in [5, 5.41) is 1.01. The van der Waals surface area contributed by atoms with E-state index in [9.17, 15) is 4.79 Å². The summed E-state index contributed by atoms with van der Waals surface area (Å²) in [7, 11) is 0. The standard InChI is InChI=1S/C17H22N2O/c1-12(6-3-7-13(2)18)17(20)15-10-4-8-14-9-5-11-19-16(14)15/h4-5,8-13H,3,6-7,18H2,1-2H3. The van der Waals surface area contributed by atoms with Gasteiger partial charge in [0.15, 0.2) is 5.78 Å². The van der Waals surface area contributed by atoms with Crippen LogP contribution in [0.5, 0.6) is 0 Å². The topological polar surface area (TPSA) is 56.0 Å². The van der Waals surface area contributed by atoms with Gasteiger partial charge in [-0.2, -0.15) is 0 Å². The molecule has 106 valence electrons. The zero-order valence-electron chi connectivity index (χ0n) is 12.2. The lowest BCUT2D eigenvalue weighted by atomic mass is 9.92. The summed E-state index contributed by atoms with van der Waals surface area (Å²) < 4.78 is 0. The van der Waals surface area contributed by atoms with Crippen LogP contribution in [0.2, 0.25) is 0 Å². The fourth-order valence-corrected chi connectivity index (χ4v) is 2.45. The normalized spacial score (nSPS) is 14.2. The van der Waals surface area contributed by atoms with Gasteiger partial charge in [-0.1, -0.05) is 31.5 Å². The average molecular weight is 270 g/mol. The molecule has 0 aliphatic heterocycles. The second-order valence-corrected chi connectivity index (χ2v) is 5.55. The van der Waals surface area contributed by atoms with Gasteiger partial charge in [-0.05, 0) is 31.9 Å². The molecule has 2 N–H and O–H groups in total. The predicted molar refractivity (Wildman–Crippen MR) is 82.7 cm³/mol. The highest BCUT2D eigenvalue weighted by Crippen LogP contribution is 2.21. The predicted octanol–water partition coefficient (Wildman–Crippen LogP) is 3.57. The van der Waals surface area contributed by atoms with Gasteiger partial charge in [0.1, 0.15) is 0 Å². The molecule has 1 heterocycles. The van der Waals surface area contributed by atoms with Gasteiger partial charge in [0.25, 0.3) is 0 Å². The van der Waals surface area contributed by atoms with Crippen LogP contribution < -0.4 is 5.73 Å². The highest BCUT2D eigenvalue weighted by atomic mass is 16.1. The number of ketones is 1. The minimum atomic E-state index is 0.0151. The van der Waals surface area contributed by atoms with E-state index in [0.717, 1.165) is 35.7 Å². The fourth-order valence-electron chi connectivity index (χ4n) is 2.45. The monoisotopic (exact) mass is 270 g/mol. The minimum Gasteiger partial charge on any atom is -0.328 e. The Kier molecular flexibility index (Phi) is 4.85. The maximum Gasteiger partial charge on any atom is 0.167 e. The van der Waals surface area contributed by atoms with Gasteiger partial charge < -0.3 is 5.73 Å². The van der Waals surface area contributed by atoms with Crippen molar-refractivity contribution in [2.24, 2.45) is 11.7 Å². The Bertz CT molecular complexity index is 587. The van der Waals surface area contributed by atoms with E-state index in [2.05, 4.69) is 4.98 Å². The van der Waals surface area contributed by atoms with Crippen molar-refractivity contribution < 1.29 is 4.79 Å². The molecule has 20 heavy (non-hydrogen) atoms. The number of nitrogens with two attached hydrogens (primary N) is 1. The molecule has 0 aliphatic carbocycles. The van der Waals surface area contributed by atoms with Crippen LogP contribution in [0.15, 0.2) is 36.5 Å². The van der Waals surface area contributed by atoms with E-state index in [1.807, 2.05) is 44.2 Å². The van der Waals surface area contributed by atoms with Crippen molar-refractivity contribution in [3.8, 4) is 0 Å². The summed E-state index contributed by atoms with van der Waals surface area (Å²) in [4.78, 5) is 16.9. The average Bonchev–Trinajstić information content (AvgIpc) is 2.45. The molecule has 2 atom stereocenters. The number of Topliss-reactive ketones (excluding diaryl/α,β-unsaturated/α-hetero) is 1. The summed E-state index contributed by atoms with van der Waals surface area (Å²) in [5.74, 6) is 0.195. The van der Waals surface area contributed by atoms with E-state index in [-0.39, 0.29) is 17.7 Å². The number of aromatic nitrogens is 1. The zero-order chi connectivity index (χ0) is 14.5. The quantitative estimate of drug-likeness (QED) is 0.816. The van der Waals surface area contributed by atoms with Crippen molar-refractivity contribution in [3.63, 3.8) is 0 Å². The second-order valence-electron chi connectivity index (χ2n) is 5.55. The van der Waals surface area contributed by atoms with E-state index in [4.69, 9.17) is 5.73 Å². The number of carbonyl (C=O) groups excluding carboxylic acids is 1. The smallest absolute Gasteiger partial charge is 0.167 e. The number of fused-ring (bicyclic) bond motifs is 1. The summed E-state index contributed by atoms with van der Waals surface area (Å²) in [6, 6.07) is 9.87. The lowest BCUT2D eigenvalue weighted by Gasteiger charge is -2.12. The molecule has 2 aromatic rings. The van der Waals surface area contributed by atoms with Gasteiger partial charge in [0.2, 0.25) is 0 Å². The van der Waals surface area contributed by atoms with Crippen LogP contribution in [0.1, 0.15) is 43.5 Å². The minimum absolute atomic E-state index is 0.0151. The molecular formula is C17H22N2O. The van der Waals surface area contributed by atoms with Gasteiger partial charge in [-0.25, -0.2) is 0 Å². The van der Waals surface area contributed by atoms with Crippen LogP contribution >= 0.6 is 0 Å². The molecular weight excluding hydrogens is 248 g/mol. The second kappa shape index (κ2) is 6.62. The number of hydrogen-bond donors (Lipinski definition) is 1. The van der Waals surface area contributed by atoms with E-state index < -0.39 is 0 Å². The van der Waals surface area contributed by atoms with Crippen molar-refractivity contribution in [2.45, 2.75) is 39.2 Å². The number of rotatable bonds is 6. The van der Waals surface area contributed by atoms with Crippen LogP contribution in [0.25, 0.3) is 10.9 Å². The van der Waals surface area contributed by atoms with Crippen molar-refractivity contribution >= 4 is 16.7 Å². The number of para-hydroxylation sites is 1. The molecule has 0 radical (unpaired) electrons. The molecule has 0 spiro atoms. The van der Waals surface area contributed by atoms with Crippen molar-refractivity contribution in [1.82, 2.24) is 4.98 Å². The van der Waals surface area contributed by atoms with E-state index in [1.54, 1.807) is 6.20 Å². The molecule has 0 saturated carbocycles. The molecule has 0 amide bonds. The Balaban J connectivity index is 2.14. The Morgan fingerprint density at radius 3 is 2.70 bits per heavy atom. The molecule has 0 fully saturated rings. The fraction of sp³-hybridized carbons (Fsp3) is 0.412. The molecule has 0 bridgehead atoms. The first-order valence-corrected chi connectivity index (χ1v) is 7.23. The third kappa shape index (κ3) is 3.42. The first kappa shape index (κ1) is 14.7. The molecule has 1 aromatic carbocycles. The lowest BCUT2D eigenvalue weighted by molar-refractivity contribution is 0.0923. The maximum absolute atomic E-state index is 12.6. The van der Waals surface area contributed by atoms with Gasteiger partial charge in [0.05, 0.1) is 5.52 Å². The number of carbonyl (C=O) groups is 1. The van der Waals surface area contributed by atoms with Gasteiger partial charge in [-0.15, -0.1) is 0 Å². The number of hydrogen-bond acceptors (Lipinski definition) is 3. The molecule has 1 aromatic heterocycles. The molecule has 3 nitrogen and oxygen atoms in total. The molecule has 2 unspecified atom stereocenters. The van der Waals surface area contributed by atoms with Crippen LogP contribution in [0.3, 0.4) is 0 Å². The Morgan fingerprint density at radius 2 is 1.95 bits per heavy atom. The molecule has 2 rings (SSSR count). The SMILES string of the molecule is CC(N)CCCC(C)C(=O)c1cccc2cccnc12. The van der Waals surface area contributed by atoms with Crippen LogP contribution in [-0.2, 0) is 0 Å². The van der Waals surface area contributed by atoms with Crippen molar-refractivity contribution in [1.29, 1.82) is 0 Å². The van der Waals surface area contributed by atoms with E-state index in [1.165, 1.54) is 0 Å². The zero-order valence-corrected chi connectivity index (χ0v) is 12.2. The molecule has 0 aliphatic rings. The van der Waals surface area contributed by atoms with Gasteiger partial charge >= 0.3 is 0 Å².